The molecule has 2 amide bonds. The van der Waals surface area contributed by atoms with E-state index in [-0.39, 0.29) is 16.5 Å². The Bertz CT molecular complexity index is 610. The van der Waals surface area contributed by atoms with E-state index in [4.69, 9.17) is 11.6 Å². The van der Waals surface area contributed by atoms with Crippen LogP contribution in [0.1, 0.15) is 51.0 Å². The van der Waals surface area contributed by atoms with Gasteiger partial charge in [-0.05, 0) is 24.1 Å². The van der Waals surface area contributed by atoms with E-state index in [1.165, 1.54) is 48.4 Å². The first-order valence-corrected chi connectivity index (χ1v) is 8.46. The summed E-state index contributed by atoms with van der Waals surface area (Å²) in [5.74, 6) is -1.24. The molecule has 0 radical (unpaired) electrons. The van der Waals surface area contributed by atoms with Crippen LogP contribution in [0.25, 0.3) is 5.57 Å². The highest BCUT2D eigenvalue weighted by molar-refractivity contribution is 6.55. The first-order chi connectivity index (χ1) is 11.1. The van der Waals surface area contributed by atoms with E-state index >= 15 is 0 Å². The number of carbonyl (C=O) groups excluding carboxylic acids is 2. The Balaban J connectivity index is 1.97. The second-order valence-electron chi connectivity index (χ2n) is 5.73. The summed E-state index contributed by atoms with van der Waals surface area (Å²) < 4.78 is 13.0. The van der Waals surface area contributed by atoms with E-state index in [2.05, 4.69) is 6.92 Å². The largest absolute Gasteiger partial charge is 0.274 e. The number of carbonyl (C=O) groups is 2. The molecular weight excluding hydrogens is 317 g/mol. The van der Waals surface area contributed by atoms with Crippen LogP contribution in [-0.2, 0) is 9.59 Å². The standard InChI is InChI=1S/C18H21ClFNO2/c1-2-3-4-5-6-7-12-21-17(22)15(16(19)18(21)23)13-8-10-14(20)11-9-13/h8-11H,2-7,12H2,1H3. The molecule has 23 heavy (non-hydrogen) atoms. The maximum absolute atomic E-state index is 13.0. The van der Waals surface area contributed by atoms with E-state index < -0.39 is 11.7 Å². The molecule has 5 heteroatoms. The van der Waals surface area contributed by atoms with Crippen LogP contribution in [0, 0.1) is 5.82 Å². The van der Waals surface area contributed by atoms with Crippen LogP contribution in [0.15, 0.2) is 29.3 Å². The smallest absolute Gasteiger partial charge is 0.273 e. The molecule has 3 nitrogen and oxygen atoms in total. The quantitative estimate of drug-likeness (QED) is 0.517. The summed E-state index contributed by atoms with van der Waals surface area (Å²) in [6.07, 6.45) is 6.45. The van der Waals surface area contributed by atoms with Crippen LogP contribution in [0.4, 0.5) is 4.39 Å². The molecule has 0 unspecified atom stereocenters. The molecule has 1 aliphatic rings. The molecule has 0 N–H and O–H groups in total. The van der Waals surface area contributed by atoms with Gasteiger partial charge in [0.15, 0.2) is 0 Å². The third-order valence-electron chi connectivity index (χ3n) is 3.98. The highest BCUT2D eigenvalue weighted by Crippen LogP contribution is 2.31. The van der Waals surface area contributed by atoms with Crippen LogP contribution in [0.2, 0.25) is 0 Å². The Labute approximate surface area is 141 Å². The van der Waals surface area contributed by atoms with Gasteiger partial charge in [-0.25, -0.2) is 4.39 Å². The van der Waals surface area contributed by atoms with Gasteiger partial charge in [0.2, 0.25) is 0 Å². The zero-order valence-electron chi connectivity index (χ0n) is 13.3. The molecule has 0 fully saturated rings. The summed E-state index contributed by atoms with van der Waals surface area (Å²) in [6.45, 7) is 2.54. The normalized spacial score (nSPS) is 15.0. The number of benzene rings is 1. The SMILES string of the molecule is CCCCCCCCN1C(=O)C(Cl)=C(c2ccc(F)cc2)C1=O. The van der Waals surface area contributed by atoms with Crippen molar-refractivity contribution in [1.82, 2.24) is 4.90 Å². The van der Waals surface area contributed by atoms with E-state index in [0.29, 0.717) is 12.1 Å². The molecule has 0 saturated heterocycles. The fourth-order valence-electron chi connectivity index (χ4n) is 2.67. The predicted octanol–water partition coefficient (Wildman–Crippen LogP) is 4.50. The lowest BCUT2D eigenvalue weighted by Crippen LogP contribution is -2.32. The average Bonchev–Trinajstić information content (AvgIpc) is 2.75. The third kappa shape index (κ3) is 4.20. The van der Waals surface area contributed by atoms with Crippen LogP contribution >= 0.6 is 11.6 Å². The molecule has 0 bridgehead atoms. The molecule has 1 aromatic rings. The topological polar surface area (TPSA) is 37.4 Å². The molecule has 0 aliphatic carbocycles. The number of unbranched alkanes of at least 4 members (excludes halogenated alkanes) is 5. The number of amides is 2. The first kappa shape index (κ1) is 17.7. The highest BCUT2D eigenvalue weighted by atomic mass is 35.5. The van der Waals surface area contributed by atoms with E-state index in [0.717, 1.165) is 19.3 Å². The zero-order chi connectivity index (χ0) is 16.8. The molecule has 1 aliphatic heterocycles. The van der Waals surface area contributed by atoms with Crippen molar-refractivity contribution >= 4 is 29.0 Å². The summed E-state index contributed by atoms with van der Waals surface area (Å²) in [7, 11) is 0. The summed E-state index contributed by atoms with van der Waals surface area (Å²) in [6, 6.07) is 5.43. The average molecular weight is 338 g/mol. The number of hydrogen-bond donors (Lipinski definition) is 0. The Morgan fingerprint density at radius 2 is 1.57 bits per heavy atom. The third-order valence-corrected chi connectivity index (χ3v) is 4.33. The lowest BCUT2D eigenvalue weighted by molar-refractivity contribution is -0.136. The van der Waals surface area contributed by atoms with Crippen molar-refractivity contribution in [2.24, 2.45) is 0 Å². The van der Waals surface area contributed by atoms with Gasteiger partial charge in [-0.3, -0.25) is 14.5 Å². The lowest BCUT2D eigenvalue weighted by atomic mass is 10.1. The molecule has 0 spiro atoms. The van der Waals surface area contributed by atoms with Crippen LogP contribution in [0.5, 0.6) is 0 Å². The van der Waals surface area contributed by atoms with Crippen molar-refractivity contribution in [3.63, 3.8) is 0 Å². The fraction of sp³-hybridized carbons (Fsp3) is 0.444. The van der Waals surface area contributed by atoms with Gasteiger partial charge >= 0.3 is 0 Å². The van der Waals surface area contributed by atoms with Gasteiger partial charge in [0.05, 0.1) is 5.57 Å². The molecule has 0 atom stereocenters. The van der Waals surface area contributed by atoms with Gasteiger partial charge in [-0.15, -0.1) is 0 Å². The van der Waals surface area contributed by atoms with E-state index in [9.17, 15) is 14.0 Å². The Morgan fingerprint density at radius 3 is 2.22 bits per heavy atom. The van der Waals surface area contributed by atoms with Crippen molar-refractivity contribution in [2.75, 3.05) is 6.54 Å². The Kier molecular flexibility index (Phi) is 6.34. The minimum atomic E-state index is -0.454. The van der Waals surface area contributed by atoms with E-state index in [1.54, 1.807) is 0 Å². The van der Waals surface area contributed by atoms with Gasteiger partial charge in [-0.1, -0.05) is 62.8 Å². The second-order valence-corrected chi connectivity index (χ2v) is 6.10. The number of rotatable bonds is 8. The summed E-state index contributed by atoms with van der Waals surface area (Å²) >= 11 is 6.05. The first-order valence-electron chi connectivity index (χ1n) is 8.08. The van der Waals surface area contributed by atoms with Crippen molar-refractivity contribution in [3.8, 4) is 0 Å². The van der Waals surface area contributed by atoms with Gasteiger partial charge in [-0.2, -0.15) is 0 Å². The van der Waals surface area contributed by atoms with Crippen LogP contribution in [0.3, 0.4) is 0 Å². The summed E-state index contributed by atoms with van der Waals surface area (Å²) in [5.41, 5.74) is 0.642. The Hall–Kier alpha value is -1.68. The van der Waals surface area contributed by atoms with Gasteiger partial charge in [0.1, 0.15) is 10.8 Å². The predicted molar refractivity (Wildman–Crippen MR) is 89.3 cm³/mol. The van der Waals surface area contributed by atoms with Crippen LogP contribution < -0.4 is 0 Å². The molecule has 1 aromatic carbocycles. The molecule has 0 saturated carbocycles. The van der Waals surface area contributed by atoms with Crippen molar-refractivity contribution in [3.05, 3.63) is 40.7 Å². The zero-order valence-corrected chi connectivity index (χ0v) is 14.0. The minimum Gasteiger partial charge on any atom is -0.274 e. The second kappa shape index (κ2) is 8.25. The lowest BCUT2D eigenvalue weighted by Gasteiger charge is -2.14. The number of halogens is 2. The molecular formula is C18H21ClFNO2. The molecule has 2 rings (SSSR count). The van der Waals surface area contributed by atoms with Gasteiger partial charge in [0, 0.05) is 6.54 Å². The highest BCUT2D eigenvalue weighted by Gasteiger charge is 2.37. The molecule has 0 aromatic heterocycles. The van der Waals surface area contributed by atoms with Crippen molar-refractivity contribution in [2.45, 2.75) is 45.4 Å². The maximum Gasteiger partial charge on any atom is 0.273 e. The van der Waals surface area contributed by atoms with Gasteiger partial charge < -0.3 is 0 Å². The van der Waals surface area contributed by atoms with Crippen molar-refractivity contribution in [1.29, 1.82) is 0 Å². The van der Waals surface area contributed by atoms with Crippen molar-refractivity contribution < 1.29 is 14.0 Å². The fourth-order valence-corrected chi connectivity index (χ4v) is 2.96. The van der Waals surface area contributed by atoms with Crippen LogP contribution in [-0.4, -0.2) is 23.3 Å². The maximum atomic E-state index is 13.0. The number of hydrogen-bond acceptors (Lipinski definition) is 2. The summed E-state index contributed by atoms with van der Waals surface area (Å²) in [5, 5.41) is -0.0763. The van der Waals surface area contributed by atoms with E-state index in [1.807, 2.05) is 0 Å². The number of imide groups is 1. The summed E-state index contributed by atoms with van der Waals surface area (Å²) in [4.78, 5) is 25.8. The minimum absolute atomic E-state index is 0.0763. The monoisotopic (exact) mass is 337 g/mol. The number of nitrogens with zero attached hydrogens (tertiary/aromatic N) is 1. The van der Waals surface area contributed by atoms with Gasteiger partial charge in [0.25, 0.3) is 11.8 Å². The Morgan fingerprint density at radius 1 is 0.957 bits per heavy atom. The molecule has 124 valence electrons. The molecule has 1 heterocycles.